The zero-order valence-corrected chi connectivity index (χ0v) is 48.2. The molecule has 0 radical (unpaired) electrons. The Morgan fingerprint density at radius 3 is 1.10 bits per heavy atom. The monoisotopic (exact) mass is 1110 g/mol. The SMILES string of the molecule is CC(C)(CCNC(=O)COc1cc(OCC(=O)NCCC(C)(C)OCCC(C)(C)C(=O)O)cc(-c2cc(OCC(=O)NCCC(C)(C)OCCC(C)(C)C(=O)O)cc(C(=O)OCc3ccccc3)c2)c1)OCCC(C)(C)C(=O)O. The zero-order chi connectivity index (χ0) is 59.2. The highest BCUT2D eigenvalue weighted by Gasteiger charge is 2.31. The molecule has 20 nitrogen and oxygen atoms in total. The molecular formula is C59H85N3O17. The van der Waals surface area contributed by atoms with Crippen molar-refractivity contribution in [1.82, 2.24) is 16.0 Å². The van der Waals surface area contributed by atoms with Crippen molar-refractivity contribution < 1.29 is 82.0 Å². The van der Waals surface area contributed by atoms with E-state index in [1.54, 1.807) is 65.8 Å². The predicted molar refractivity (Wildman–Crippen MR) is 295 cm³/mol. The molecule has 0 aromatic heterocycles. The fraction of sp³-hybridized carbons (Fsp3) is 0.576. The van der Waals surface area contributed by atoms with E-state index >= 15 is 0 Å². The number of nitrogens with one attached hydrogen (secondary N) is 3. The van der Waals surface area contributed by atoms with Crippen molar-refractivity contribution in [2.45, 2.75) is 145 Å². The lowest BCUT2D eigenvalue weighted by Crippen LogP contribution is -2.36. The van der Waals surface area contributed by atoms with Gasteiger partial charge in [-0.25, -0.2) is 4.79 Å². The van der Waals surface area contributed by atoms with Gasteiger partial charge in [-0.2, -0.15) is 0 Å². The summed E-state index contributed by atoms with van der Waals surface area (Å²) in [6.07, 6.45) is 2.15. The molecule has 6 N–H and O–H groups in total. The summed E-state index contributed by atoms with van der Waals surface area (Å²) in [6.45, 7) is 20.8. The summed E-state index contributed by atoms with van der Waals surface area (Å²) >= 11 is 0. The maximum Gasteiger partial charge on any atom is 0.338 e. The van der Waals surface area contributed by atoms with Gasteiger partial charge in [-0.05, 0) is 169 Å². The third kappa shape index (κ3) is 25.3. The van der Waals surface area contributed by atoms with Crippen LogP contribution < -0.4 is 30.2 Å². The Bertz CT molecular complexity index is 2440. The molecule has 79 heavy (non-hydrogen) atoms. The quantitative estimate of drug-likeness (QED) is 0.0296. The number of carbonyl (C=O) groups excluding carboxylic acids is 4. The largest absolute Gasteiger partial charge is 0.484 e. The summed E-state index contributed by atoms with van der Waals surface area (Å²) in [4.78, 5) is 87.8. The van der Waals surface area contributed by atoms with Crippen LogP contribution >= 0.6 is 0 Å². The van der Waals surface area contributed by atoms with Crippen LogP contribution in [0.1, 0.15) is 138 Å². The van der Waals surface area contributed by atoms with Crippen LogP contribution in [0.5, 0.6) is 17.2 Å². The van der Waals surface area contributed by atoms with Gasteiger partial charge >= 0.3 is 23.9 Å². The fourth-order valence-corrected chi connectivity index (χ4v) is 7.07. The molecule has 0 aliphatic rings. The predicted octanol–water partition coefficient (Wildman–Crippen LogP) is 8.25. The minimum absolute atomic E-state index is 0.0311. The first-order valence-corrected chi connectivity index (χ1v) is 26.5. The van der Waals surface area contributed by atoms with Crippen LogP contribution in [-0.2, 0) is 54.3 Å². The second kappa shape index (κ2) is 30.0. The molecule has 0 heterocycles. The number of amides is 3. The highest BCUT2D eigenvalue weighted by molar-refractivity contribution is 5.92. The molecule has 3 amide bonds. The Morgan fingerprint density at radius 1 is 0.430 bits per heavy atom. The maximum atomic E-state index is 13.7. The molecule has 0 saturated heterocycles. The number of carboxylic acid groups (broad SMARTS) is 3. The molecule has 0 bridgehead atoms. The molecule has 0 fully saturated rings. The van der Waals surface area contributed by atoms with Crippen LogP contribution in [0.3, 0.4) is 0 Å². The Balaban J connectivity index is 1.85. The molecule has 3 aromatic rings. The Labute approximate surface area is 464 Å². The number of aliphatic carboxylic acids is 3. The lowest BCUT2D eigenvalue weighted by molar-refractivity contribution is -0.149. The van der Waals surface area contributed by atoms with Crippen LogP contribution in [0.4, 0.5) is 0 Å². The molecule has 0 unspecified atom stereocenters. The van der Waals surface area contributed by atoms with E-state index in [4.69, 9.17) is 33.2 Å². The average Bonchev–Trinajstić information content (AvgIpc) is 3.35. The number of carboxylic acids is 3. The van der Waals surface area contributed by atoms with E-state index in [1.165, 1.54) is 12.1 Å². The first kappa shape index (κ1) is 66.5. The summed E-state index contributed by atoms with van der Waals surface area (Å²) in [5, 5.41) is 36.8. The van der Waals surface area contributed by atoms with E-state index in [9.17, 15) is 48.9 Å². The van der Waals surface area contributed by atoms with Crippen molar-refractivity contribution in [1.29, 1.82) is 0 Å². The number of esters is 1. The van der Waals surface area contributed by atoms with E-state index in [0.717, 1.165) is 5.56 Å². The molecule has 0 aliphatic heterocycles. The molecule has 438 valence electrons. The highest BCUT2D eigenvalue weighted by atomic mass is 16.5. The van der Waals surface area contributed by atoms with Gasteiger partial charge in [-0.15, -0.1) is 0 Å². The van der Waals surface area contributed by atoms with E-state index in [-0.39, 0.29) is 68.9 Å². The lowest BCUT2D eigenvalue weighted by Gasteiger charge is -2.28. The number of rotatable bonds is 37. The van der Waals surface area contributed by atoms with Gasteiger partial charge in [0.2, 0.25) is 0 Å². The van der Waals surface area contributed by atoms with E-state index in [0.29, 0.717) is 49.7 Å². The lowest BCUT2D eigenvalue weighted by atomic mass is 9.90. The van der Waals surface area contributed by atoms with Gasteiger partial charge in [0, 0.05) is 45.5 Å². The van der Waals surface area contributed by atoms with Crippen LogP contribution in [0.15, 0.2) is 66.7 Å². The standard InChI is InChI=1S/C59H85N3O17/c1-54(2,51(67)68)21-27-77-57(7,8)18-24-60-47(63)37-73-44-31-41(30-43(34-44)50(66)76-36-40-16-14-13-15-17-40)42-32-45(74-38-48(64)61-25-19-58(9,10)78-28-22-55(3,4)52(69)70)35-46(33-42)75-39-49(65)62-26-20-59(11,12)79-29-23-56(5,6)53(71)72/h13-17,30-35H,18-29,36-39H2,1-12H3,(H,60,63)(H,61,64)(H,62,65)(H,67,68)(H,69,70)(H,71,72). The maximum absolute atomic E-state index is 13.7. The van der Waals surface area contributed by atoms with Gasteiger partial charge in [0.05, 0.1) is 38.6 Å². The summed E-state index contributed by atoms with van der Waals surface area (Å²) in [6, 6.07) is 18.4. The smallest absolute Gasteiger partial charge is 0.338 e. The molecular weight excluding hydrogens is 1020 g/mol. The van der Waals surface area contributed by atoms with Gasteiger partial charge in [-0.3, -0.25) is 28.8 Å². The first-order chi connectivity index (χ1) is 36.7. The van der Waals surface area contributed by atoms with Gasteiger partial charge < -0.3 is 64.4 Å². The topological polar surface area (TPSA) is 281 Å². The van der Waals surface area contributed by atoms with Crippen molar-refractivity contribution in [3.63, 3.8) is 0 Å². The van der Waals surface area contributed by atoms with Gasteiger partial charge in [0.15, 0.2) is 19.8 Å². The second-order valence-electron chi connectivity index (χ2n) is 23.3. The van der Waals surface area contributed by atoms with E-state index < -0.39 is 94.5 Å². The van der Waals surface area contributed by atoms with Crippen molar-refractivity contribution in [2.24, 2.45) is 16.2 Å². The van der Waals surface area contributed by atoms with Gasteiger partial charge in [0.25, 0.3) is 17.7 Å². The molecule has 20 heteroatoms. The molecule has 3 rings (SSSR count). The summed E-state index contributed by atoms with van der Waals surface area (Å²) < 4.78 is 41.5. The molecule has 0 atom stereocenters. The van der Waals surface area contributed by atoms with Crippen molar-refractivity contribution in [2.75, 3.05) is 59.3 Å². The zero-order valence-electron chi connectivity index (χ0n) is 48.2. The van der Waals surface area contributed by atoms with Crippen LogP contribution in [-0.4, -0.2) is 133 Å². The average molecular weight is 1110 g/mol. The Kier molecular flexibility index (Phi) is 25.3. The highest BCUT2D eigenvalue weighted by Crippen LogP contribution is 2.34. The molecule has 0 aliphatic carbocycles. The van der Waals surface area contributed by atoms with Crippen molar-refractivity contribution in [3.05, 3.63) is 77.9 Å². The Morgan fingerprint density at radius 2 is 0.759 bits per heavy atom. The minimum atomic E-state index is -0.956. The fourth-order valence-electron chi connectivity index (χ4n) is 7.07. The Hall–Kier alpha value is -6.77. The third-order valence-electron chi connectivity index (χ3n) is 13.2. The van der Waals surface area contributed by atoms with E-state index in [2.05, 4.69) is 16.0 Å². The summed E-state index contributed by atoms with van der Waals surface area (Å²) in [5.41, 5.74) is -3.26. The van der Waals surface area contributed by atoms with Crippen LogP contribution in [0.25, 0.3) is 11.1 Å². The second-order valence-corrected chi connectivity index (χ2v) is 23.3. The number of ether oxygens (including phenoxy) is 7. The number of benzene rings is 3. The van der Waals surface area contributed by atoms with Gasteiger partial charge in [0.1, 0.15) is 23.9 Å². The third-order valence-corrected chi connectivity index (χ3v) is 13.2. The number of carbonyl (C=O) groups is 7. The first-order valence-electron chi connectivity index (χ1n) is 26.5. The van der Waals surface area contributed by atoms with Crippen molar-refractivity contribution in [3.8, 4) is 28.4 Å². The number of hydrogen-bond donors (Lipinski definition) is 6. The van der Waals surface area contributed by atoms with Gasteiger partial charge in [-0.1, -0.05) is 30.3 Å². The van der Waals surface area contributed by atoms with Crippen LogP contribution in [0, 0.1) is 16.2 Å². The molecule has 0 saturated carbocycles. The number of hydrogen-bond acceptors (Lipinski definition) is 14. The van der Waals surface area contributed by atoms with Crippen LogP contribution in [0.2, 0.25) is 0 Å². The van der Waals surface area contributed by atoms with E-state index in [1.807, 2.05) is 71.9 Å². The minimum Gasteiger partial charge on any atom is -0.484 e. The van der Waals surface area contributed by atoms with Crippen molar-refractivity contribution >= 4 is 41.6 Å². The molecule has 0 spiro atoms. The summed E-state index contributed by atoms with van der Waals surface area (Å²) in [5.74, 6) is -4.38. The normalized spacial score (nSPS) is 12.3. The molecule has 3 aromatic carbocycles. The summed E-state index contributed by atoms with van der Waals surface area (Å²) in [7, 11) is 0.